The molecule has 1 amide bonds. The molecule has 1 rings (SSSR count). The summed E-state index contributed by atoms with van der Waals surface area (Å²) in [6.45, 7) is 2.78. The van der Waals surface area contributed by atoms with Crippen LogP contribution < -0.4 is 5.73 Å². The Kier molecular flexibility index (Phi) is 4.35. The fourth-order valence-corrected chi connectivity index (χ4v) is 1.85. The van der Waals surface area contributed by atoms with Crippen molar-refractivity contribution in [2.45, 2.75) is 25.3 Å². The monoisotopic (exact) mass is 199 g/mol. The number of carbonyl (C=O) groups is 1. The van der Waals surface area contributed by atoms with E-state index in [9.17, 15) is 4.79 Å². The molecule has 0 bridgehead atoms. The van der Waals surface area contributed by atoms with Gasteiger partial charge in [-0.3, -0.25) is 9.69 Å². The summed E-state index contributed by atoms with van der Waals surface area (Å²) in [5.74, 6) is 0.173. The molecule has 1 atom stereocenters. The lowest BCUT2D eigenvalue weighted by atomic mass is 10.1. The maximum absolute atomic E-state index is 11.5. The van der Waals surface area contributed by atoms with Crippen LogP contribution in [0.3, 0.4) is 0 Å². The molecule has 0 spiro atoms. The van der Waals surface area contributed by atoms with Crippen LogP contribution in [-0.4, -0.2) is 55.5 Å². The average molecular weight is 199 g/mol. The van der Waals surface area contributed by atoms with E-state index >= 15 is 0 Å². The molecule has 1 fully saturated rings. The van der Waals surface area contributed by atoms with Crippen LogP contribution in [0.4, 0.5) is 0 Å². The summed E-state index contributed by atoms with van der Waals surface area (Å²) in [7, 11) is 3.58. The molecule has 14 heavy (non-hydrogen) atoms. The summed E-state index contributed by atoms with van der Waals surface area (Å²) in [6.07, 6.45) is 3.04. The molecule has 1 heterocycles. The highest BCUT2D eigenvalue weighted by Crippen LogP contribution is 2.13. The smallest absolute Gasteiger partial charge is 0.223 e. The fourth-order valence-electron chi connectivity index (χ4n) is 1.85. The summed E-state index contributed by atoms with van der Waals surface area (Å²) in [5.41, 5.74) is 5.69. The van der Waals surface area contributed by atoms with Crippen molar-refractivity contribution in [3.05, 3.63) is 0 Å². The fraction of sp³-hybridized carbons (Fsp3) is 0.900. The van der Waals surface area contributed by atoms with Gasteiger partial charge in [-0.05, 0) is 25.9 Å². The molecule has 0 radical (unpaired) electrons. The van der Waals surface area contributed by atoms with E-state index in [-0.39, 0.29) is 11.9 Å². The molecular formula is C10H21N3O. The van der Waals surface area contributed by atoms with Crippen molar-refractivity contribution in [3.63, 3.8) is 0 Å². The SMILES string of the molecule is CN(C)C(=O)CC(CN)N1CCCC1. The van der Waals surface area contributed by atoms with Gasteiger partial charge in [0, 0.05) is 33.1 Å². The minimum Gasteiger partial charge on any atom is -0.349 e. The van der Waals surface area contributed by atoms with Gasteiger partial charge in [0.25, 0.3) is 0 Å². The molecule has 0 aromatic carbocycles. The van der Waals surface area contributed by atoms with Crippen molar-refractivity contribution in [1.82, 2.24) is 9.80 Å². The largest absolute Gasteiger partial charge is 0.349 e. The predicted molar refractivity (Wildman–Crippen MR) is 57.0 cm³/mol. The molecule has 1 saturated heterocycles. The van der Waals surface area contributed by atoms with Gasteiger partial charge in [0.15, 0.2) is 0 Å². The maximum atomic E-state index is 11.5. The van der Waals surface area contributed by atoms with Gasteiger partial charge in [0.2, 0.25) is 5.91 Å². The molecule has 1 aliphatic heterocycles. The third-order valence-electron chi connectivity index (χ3n) is 2.84. The Morgan fingerprint density at radius 1 is 1.43 bits per heavy atom. The highest BCUT2D eigenvalue weighted by Gasteiger charge is 2.23. The number of amides is 1. The Hall–Kier alpha value is -0.610. The van der Waals surface area contributed by atoms with Crippen molar-refractivity contribution in [2.24, 2.45) is 5.73 Å². The van der Waals surface area contributed by atoms with E-state index in [1.807, 2.05) is 0 Å². The summed E-state index contributed by atoms with van der Waals surface area (Å²) in [5, 5.41) is 0. The Bertz CT molecular complexity index is 188. The summed E-state index contributed by atoms with van der Waals surface area (Å²) < 4.78 is 0. The summed E-state index contributed by atoms with van der Waals surface area (Å²) in [4.78, 5) is 15.5. The van der Waals surface area contributed by atoms with Gasteiger partial charge in [0.05, 0.1) is 0 Å². The number of rotatable bonds is 4. The lowest BCUT2D eigenvalue weighted by Crippen LogP contribution is -2.42. The molecule has 0 aromatic rings. The normalized spacial score (nSPS) is 19.6. The zero-order chi connectivity index (χ0) is 10.6. The molecular weight excluding hydrogens is 178 g/mol. The van der Waals surface area contributed by atoms with Gasteiger partial charge in [0.1, 0.15) is 0 Å². The van der Waals surface area contributed by atoms with E-state index < -0.39 is 0 Å². The zero-order valence-corrected chi connectivity index (χ0v) is 9.20. The molecule has 0 aromatic heterocycles. The third-order valence-corrected chi connectivity index (χ3v) is 2.84. The van der Waals surface area contributed by atoms with E-state index in [2.05, 4.69) is 4.90 Å². The van der Waals surface area contributed by atoms with Crippen molar-refractivity contribution in [3.8, 4) is 0 Å². The van der Waals surface area contributed by atoms with Gasteiger partial charge < -0.3 is 10.6 Å². The van der Waals surface area contributed by atoms with Crippen molar-refractivity contribution in [2.75, 3.05) is 33.7 Å². The van der Waals surface area contributed by atoms with E-state index in [1.54, 1.807) is 19.0 Å². The Morgan fingerprint density at radius 3 is 2.43 bits per heavy atom. The van der Waals surface area contributed by atoms with E-state index in [0.717, 1.165) is 13.1 Å². The van der Waals surface area contributed by atoms with Crippen LogP contribution >= 0.6 is 0 Å². The molecule has 1 unspecified atom stereocenters. The van der Waals surface area contributed by atoms with E-state index in [1.165, 1.54) is 12.8 Å². The first-order valence-corrected chi connectivity index (χ1v) is 5.29. The van der Waals surface area contributed by atoms with E-state index in [4.69, 9.17) is 5.73 Å². The molecule has 1 aliphatic rings. The zero-order valence-electron chi connectivity index (χ0n) is 9.20. The first-order valence-electron chi connectivity index (χ1n) is 5.29. The second-order valence-corrected chi connectivity index (χ2v) is 4.12. The van der Waals surface area contributed by atoms with Crippen LogP contribution in [0, 0.1) is 0 Å². The van der Waals surface area contributed by atoms with Crippen LogP contribution in [0.1, 0.15) is 19.3 Å². The number of nitrogens with two attached hydrogens (primary N) is 1. The lowest BCUT2D eigenvalue weighted by molar-refractivity contribution is -0.129. The van der Waals surface area contributed by atoms with Crippen LogP contribution in [0.25, 0.3) is 0 Å². The first kappa shape index (κ1) is 11.5. The van der Waals surface area contributed by atoms with Crippen molar-refractivity contribution in [1.29, 1.82) is 0 Å². The number of likely N-dealkylation sites (tertiary alicyclic amines) is 1. The Morgan fingerprint density at radius 2 is 2.00 bits per heavy atom. The molecule has 2 N–H and O–H groups in total. The number of hydrogen-bond acceptors (Lipinski definition) is 3. The minimum absolute atomic E-state index is 0.173. The number of nitrogens with zero attached hydrogens (tertiary/aromatic N) is 2. The van der Waals surface area contributed by atoms with Gasteiger partial charge in [-0.2, -0.15) is 0 Å². The molecule has 0 aliphatic carbocycles. The number of hydrogen-bond donors (Lipinski definition) is 1. The average Bonchev–Trinajstić information content (AvgIpc) is 2.66. The molecule has 0 saturated carbocycles. The molecule has 4 nitrogen and oxygen atoms in total. The van der Waals surface area contributed by atoms with Crippen molar-refractivity contribution >= 4 is 5.91 Å². The van der Waals surface area contributed by atoms with E-state index in [0.29, 0.717) is 13.0 Å². The van der Waals surface area contributed by atoms with Crippen molar-refractivity contribution < 1.29 is 4.79 Å². The van der Waals surface area contributed by atoms with Crippen LogP contribution in [-0.2, 0) is 4.79 Å². The maximum Gasteiger partial charge on any atom is 0.223 e. The van der Waals surface area contributed by atoms with Crippen LogP contribution in [0.2, 0.25) is 0 Å². The third kappa shape index (κ3) is 2.96. The first-order chi connectivity index (χ1) is 6.65. The highest BCUT2D eigenvalue weighted by atomic mass is 16.2. The second kappa shape index (κ2) is 5.32. The van der Waals surface area contributed by atoms with Gasteiger partial charge in [-0.25, -0.2) is 0 Å². The quantitative estimate of drug-likeness (QED) is 0.687. The Balaban J connectivity index is 2.41. The summed E-state index contributed by atoms with van der Waals surface area (Å²) >= 11 is 0. The highest BCUT2D eigenvalue weighted by molar-refractivity contribution is 5.76. The minimum atomic E-state index is 0.173. The summed E-state index contributed by atoms with van der Waals surface area (Å²) in [6, 6.07) is 0.243. The standard InChI is InChI=1S/C10H21N3O/c1-12(2)10(14)7-9(8-11)13-5-3-4-6-13/h9H,3-8,11H2,1-2H3. The molecule has 4 heteroatoms. The second-order valence-electron chi connectivity index (χ2n) is 4.12. The topological polar surface area (TPSA) is 49.6 Å². The number of carbonyl (C=O) groups excluding carboxylic acids is 1. The Labute approximate surface area is 86.0 Å². The predicted octanol–water partition coefficient (Wildman–Crippen LogP) is -0.112. The van der Waals surface area contributed by atoms with Gasteiger partial charge >= 0.3 is 0 Å². The van der Waals surface area contributed by atoms with Gasteiger partial charge in [-0.15, -0.1) is 0 Å². The van der Waals surface area contributed by atoms with Crippen LogP contribution in [0.5, 0.6) is 0 Å². The lowest BCUT2D eigenvalue weighted by Gasteiger charge is -2.26. The van der Waals surface area contributed by atoms with Crippen LogP contribution in [0.15, 0.2) is 0 Å². The van der Waals surface area contributed by atoms with Gasteiger partial charge in [-0.1, -0.05) is 0 Å². The molecule has 82 valence electrons.